The average Bonchev–Trinajstić information content (AvgIpc) is 2.28. The van der Waals surface area contributed by atoms with Crippen LogP contribution in [-0.4, -0.2) is 34.0 Å². The van der Waals surface area contributed by atoms with Crippen molar-refractivity contribution in [3.8, 4) is 11.5 Å². The first kappa shape index (κ1) is 14.1. The molecule has 0 atom stereocenters. The maximum Gasteiger partial charge on any atom is 0.299 e. The molecule has 7 heteroatoms. The number of halogens is 1. The van der Waals surface area contributed by atoms with Gasteiger partial charge in [-0.3, -0.25) is 0 Å². The first-order valence-corrected chi connectivity index (χ1v) is 7.02. The van der Waals surface area contributed by atoms with Crippen molar-refractivity contribution >= 4 is 19.9 Å². The van der Waals surface area contributed by atoms with Crippen molar-refractivity contribution < 1.29 is 17.9 Å². The van der Waals surface area contributed by atoms with Crippen LogP contribution in [0.25, 0.3) is 0 Å². The number of hydrogen-bond acceptors (Lipinski definition) is 4. The number of methoxy groups -OCH3 is 2. The second-order valence-electron chi connectivity index (χ2n) is 3.38. The zero-order valence-electron chi connectivity index (χ0n) is 9.81. The number of nitrogens with zero attached hydrogens (tertiary/aromatic N) is 1. The van der Waals surface area contributed by atoms with E-state index in [9.17, 15) is 8.42 Å². The van der Waals surface area contributed by atoms with Gasteiger partial charge in [-0.15, -0.1) is 0 Å². The summed E-state index contributed by atoms with van der Waals surface area (Å²) in [6.45, 7) is 0.138. The predicted octanol–water partition coefficient (Wildman–Crippen LogP) is 1.62. The van der Waals surface area contributed by atoms with E-state index in [2.05, 4.69) is 0 Å². The molecule has 1 aromatic rings. The van der Waals surface area contributed by atoms with E-state index in [0.717, 1.165) is 4.31 Å². The zero-order chi connectivity index (χ0) is 13.1. The molecule has 1 aromatic carbocycles. The highest BCUT2D eigenvalue weighted by atomic mass is 35.7. The van der Waals surface area contributed by atoms with E-state index >= 15 is 0 Å². The lowest BCUT2D eigenvalue weighted by molar-refractivity contribution is 0.385. The van der Waals surface area contributed by atoms with Crippen LogP contribution in [0.2, 0.25) is 0 Å². The van der Waals surface area contributed by atoms with Crippen molar-refractivity contribution in [2.24, 2.45) is 0 Å². The standard InChI is InChI=1S/C10H14ClNO4S/c1-12(17(11,13)14)7-8-4-5-9(15-2)6-10(8)16-3/h4-6H,7H2,1-3H3. The van der Waals surface area contributed by atoms with Crippen LogP contribution in [0.4, 0.5) is 0 Å². The highest BCUT2D eigenvalue weighted by molar-refractivity contribution is 8.11. The third kappa shape index (κ3) is 3.76. The van der Waals surface area contributed by atoms with E-state index in [-0.39, 0.29) is 6.54 Å². The van der Waals surface area contributed by atoms with Crippen molar-refractivity contribution in [2.75, 3.05) is 21.3 Å². The Hall–Kier alpha value is -0.980. The molecule has 0 aliphatic carbocycles. The van der Waals surface area contributed by atoms with E-state index in [0.29, 0.717) is 17.1 Å². The maximum absolute atomic E-state index is 11.1. The van der Waals surface area contributed by atoms with Crippen LogP contribution in [0.1, 0.15) is 5.56 Å². The SMILES string of the molecule is COc1ccc(CN(C)S(=O)(=O)Cl)c(OC)c1. The Morgan fingerprint density at radius 2 is 1.94 bits per heavy atom. The molecule has 0 radical (unpaired) electrons. The molecular formula is C10H14ClNO4S. The molecule has 0 fully saturated rings. The fourth-order valence-corrected chi connectivity index (χ4v) is 1.74. The molecule has 0 aromatic heterocycles. The number of ether oxygens (including phenoxy) is 2. The van der Waals surface area contributed by atoms with Gasteiger partial charge >= 0.3 is 0 Å². The monoisotopic (exact) mass is 279 g/mol. The summed E-state index contributed by atoms with van der Waals surface area (Å²) in [6.07, 6.45) is 0. The lowest BCUT2D eigenvalue weighted by Crippen LogP contribution is -2.21. The molecule has 0 aliphatic heterocycles. The quantitative estimate of drug-likeness (QED) is 0.769. The van der Waals surface area contributed by atoms with Crippen LogP contribution in [0.5, 0.6) is 11.5 Å². The van der Waals surface area contributed by atoms with Crippen LogP contribution in [0.3, 0.4) is 0 Å². The molecule has 0 saturated heterocycles. The average molecular weight is 280 g/mol. The van der Waals surface area contributed by atoms with Crippen LogP contribution in [-0.2, 0) is 15.8 Å². The second kappa shape index (κ2) is 5.57. The Morgan fingerprint density at radius 1 is 1.29 bits per heavy atom. The maximum atomic E-state index is 11.1. The van der Waals surface area contributed by atoms with E-state index in [1.54, 1.807) is 25.3 Å². The molecule has 0 unspecified atom stereocenters. The Balaban J connectivity index is 2.99. The topological polar surface area (TPSA) is 55.8 Å². The first-order chi connectivity index (χ1) is 7.88. The van der Waals surface area contributed by atoms with Gasteiger partial charge in [0.25, 0.3) is 9.24 Å². The minimum atomic E-state index is -3.72. The van der Waals surface area contributed by atoms with E-state index in [1.807, 2.05) is 0 Å². The minimum Gasteiger partial charge on any atom is -0.497 e. The first-order valence-electron chi connectivity index (χ1n) is 4.75. The van der Waals surface area contributed by atoms with Gasteiger partial charge in [-0.2, -0.15) is 12.7 Å². The van der Waals surface area contributed by atoms with Gasteiger partial charge in [0.05, 0.1) is 14.2 Å². The number of rotatable bonds is 5. The minimum absolute atomic E-state index is 0.138. The highest BCUT2D eigenvalue weighted by Crippen LogP contribution is 2.26. The van der Waals surface area contributed by atoms with Crippen LogP contribution >= 0.6 is 10.7 Å². The fourth-order valence-electron chi connectivity index (χ4n) is 1.30. The highest BCUT2D eigenvalue weighted by Gasteiger charge is 2.16. The smallest absolute Gasteiger partial charge is 0.299 e. The van der Waals surface area contributed by atoms with Crippen LogP contribution in [0, 0.1) is 0 Å². The summed E-state index contributed by atoms with van der Waals surface area (Å²) < 4.78 is 33.4. The molecule has 1 rings (SSSR count). The summed E-state index contributed by atoms with van der Waals surface area (Å²) in [6, 6.07) is 5.15. The molecule has 0 saturated carbocycles. The predicted molar refractivity (Wildman–Crippen MR) is 65.8 cm³/mol. The molecule has 96 valence electrons. The number of benzene rings is 1. The third-order valence-electron chi connectivity index (χ3n) is 2.26. The molecular weight excluding hydrogens is 266 g/mol. The Morgan fingerprint density at radius 3 is 2.41 bits per heavy atom. The number of hydrogen-bond donors (Lipinski definition) is 0. The summed E-state index contributed by atoms with van der Waals surface area (Å²) in [5.41, 5.74) is 0.708. The summed E-state index contributed by atoms with van der Waals surface area (Å²) in [5, 5.41) is 0. The van der Waals surface area contributed by atoms with Gasteiger partial charge in [-0.1, -0.05) is 6.07 Å². The normalized spacial score (nSPS) is 11.6. The van der Waals surface area contributed by atoms with Crippen molar-refractivity contribution in [3.63, 3.8) is 0 Å². The Labute approximate surface area is 105 Å². The lowest BCUT2D eigenvalue weighted by Gasteiger charge is -2.15. The van der Waals surface area contributed by atoms with E-state index in [1.165, 1.54) is 14.2 Å². The van der Waals surface area contributed by atoms with Gasteiger partial charge in [0.1, 0.15) is 11.5 Å². The fraction of sp³-hybridized carbons (Fsp3) is 0.400. The summed E-state index contributed by atoms with van der Waals surface area (Å²) >= 11 is 0. The van der Waals surface area contributed by atoms with Gasteiger partial charge in [-0.05, 0) is 6.07 Å². The Bertz CT molecular complexity index is 489. The van der Waals surface area contributed by atoms with E-state index < -0.39 is 9.24 Å². The molecule has 0 bridgehead atoms. The summed E-state index contributed by atoms with van der Waals surface area (Å²) in [7, 11) is 5.95. The molecule has 0 amide bonds. The van der Waals surface area contributed by atoms with Gasteiger partial charge in [0.2, 0.25) is 0 Å². The molecule has 0 heterocycles. The molecule has 5 nitrogen and oxygen atoms in total. The van der Waals surface area contributed by atoms with Crippen LogP contribution in [0.15, 0.2) is 18.2 Å². The van der Waals surface area contributed by atoms with Crippen molar-refractivity contribution in [2.45, 2.75) is 6.54 Å². The summed E-state index contributed by atoms with van der Waals surface area (Å²) in [5.74, 6) is 1.19. The summed E-state index contributed by atoms with van der Waals surface area (Å²) in [4.78, 5) is 0. The molecule has 0 aliphatic rings. The second-order valence-corrected chi connectivity index (χ2v) is 5.99. The van der Waals surface area contributed by atoms with Crippen LogP contribution < -0.4 is 9.47 Å². The molecule has 17 heavy (non-hydrogen) atoms. The molecule has 0 spiro atoms. The zero-order valence-corrected chi connectivity index (χ0v) is 11.4. The van der Waals surface area contributed by atoms with Gasteiger partial charge in [0, 0.05) is 35.9 Å². The third-order valence-corrected chi connectivity index (χ3v) is 3.84. The lowest BCUT2D eigenvalue weighted by atomic mass is 10.2. The largest absolute Gasteiger partial charge is 0.497 e. The van der Waals surface area contributed by atoms with Crippen molar-refractivity contribution in [1.82, 2.24) is 4.31 Å². The van der Waals surface area contributed by atoms with Gasteiger partial charge < -0.3 is 9.47 Å². The van der Waals surface area contributed by atoms with E-state index in [4.69, 9.17) is 20.2 Å². The van der Waals surface area contributed by atoms with Crippen molar-refractivity contribution in [1.29, 1.82) is 0 Å². The molecule has 0 N–H and O–H groups in total. The Kier molecular flexibility index (Phi) is 4.62. The van der Waals surface area contributed by atoms with Crippen molar-refractivity contribution in [3.05, 3.63) is 23.8 Å². The van der Waals surface area contributed by atoms with Gasteiger partial charge in [0.15, 0.2) is 0 Å². The van der Waals surface area contributed by atoms with Gasteiger partial charge in [-0.25, -0.2) is 0 Å².